The van der Waals surface area contributed by atoms with Gasteiger partial charge in [-0.25, -0.2) is 14.8 Å². The molecule has 3 heterocycles. The van der Waals surface area contributed by atoms with Crippen molar-refractivity contribution in [2.75, 3.05) is 10.6 Å². The third-order valence-electron chi connectivity index (χ3n) is 3.69. The molecule has 0 aliphatic carbocycles. The normalized spacial score (nSPS) is 11.0. The maximum Gasteiger partial charge on any atom is 0.325 e. The molecule has 0 bridgehead atoms. The molecule has 4 rings (SSSR count). The minimum Gasteiger partial charge on any atom is -0.445 e. The van der Waals surface area contributed by atoms with Crippen LogP contribution in [0.3, 0.4) is 0 Å². The van der Waals surface area contributed by atoms with Gasteiger partial charge in [0.05, 0.1) is 34.1 Å². The van der Waals surface area contributed by atoms with Gasteiger partial charge in [-0.05, 0) is 18.2 Å². The molecule has 0 saturated heterocycles. The highest BCUT2D eigenvalue weighted by Gasteiger charge is 2.10. The monoisotopic (exact) mass is 400 g/mol. The zero-order valence-electron chi connectivity index (χ0n) is 14.4. The summed E-state index contributed by atoms with van der Waals surface area (Å²) >= 11 is 2.97. The average Bonchev–Trinajstić information content (AvgIpc) is 3.40. The van der Waals surface area contributed by atoms with E-state index in [1.54, 1.807) is 30.4 Å². The Bertz CT molecular complexity index is 1070. The fourth-order valence-electron chi connectivity index (χ4n) is 2.37. The van der Waals surface area contributed by atoms with Crippen LogP contribution in [0.5, 0.6) is 0 Å². The molecular formula is C17H16N6O2S2. The second-order valence-corrected chi connectivity index (χ2v) is 7.90. The number of aryl methyl sites for hydroxylation is 1. The van der Waals surface area contributed by atoms with Crippen LogP contribution in [0.1, 0.15) is 18.6 Å². The zero-order chi connectivity index (χ0) is 18.6. The number of fused-ring (bicyclic) bond motifs is 1. The molecule has 0 spiro atoms. The van der Waals surface area contributed by atoms with E-state index in [-0.39, 0.29) is 6.03 Å². The molecule has 4 aromatic rings. The molecule has 27 heavy (non-hydrogen) atoms. The molecule has 3 aromatic heterocycles. The first-order valence-electron chi connectivity index (χ1n) is 8.23. The van der Waals surface area contributed by atoms with E-state index >= 15 is 0 Å². The van der Waals surface area contributed by atoms with Gasteiger partial charge < -0.3 is 9.73 Å². The van der Waals surface area contributed by atoms with Crippen LogP contribution in [-0.4, -0.2) is 26.2 Å². The Kier molecular flexibility index (Phi) is 5.07. The van der Waals surface area contributed by atoms with Gasteiger partial charge in [-0.1, -0.05) is 18.3 Å². The molecule has 138 valence electrons. The number of carbonyl (C=O) groups is 1. The van der Waals surface area contributed by atoms with Crippen molar-refractivity contribution >= 4 is 50.9 Å². The van der Waals surface area contributed by atoms with Gasteiger partial charge in [-0.3, -0.25) is 10.4 Å². The number of nitrogens with zero attached hydrogens (tertiary/aromatic N) is 3. The Morgan fingerprint density at radius 1 is 1.26 bits per heavy atom. The van der Waals surface area contributed by atoms with Crippen molar-refractivity contribution in [3.05, 3.63) is 48.4 Å². The third-order valence-corrected chi connectivity index (χ3v) is 5.78. The Labute approximate surface area is 162 Å². The van der Waals surface area contributed by atoms with E-state index in [0.717, 1.165) is 27.3 Å². The summed E-state index contributed by atoms with van der Waals surface area (Å²) in [5.74, 6) is 2.19. The Morgan fingerprint density at radius 3 is 3.04 bits per heavy atom. The molecule has 0 saturated carbocycles. The number of urea groups is 1. The number of anilines is 2. The number of benzene rings is 1. The van der Waals surface area contributed by atoms with Crippen LogP contribution in [-0.2, 0) is 12.2 Å². The van der Waals surface area contributed by atoms with Crippen molar-refractivity contribution in [2.24, 2.45) is 0 Å². The molecule has 10 heteroatoms. The lowest BCUT2D eigenvalue weighted by Gasteiger charge is -2.05. The summed E-state index contributed by atoms with van der Waals surface area (Å²) in [6.07, 6.45) is 6.04. The van der Waals surface area contributed by atoms with Crippen LogP contribution in [0.2, 0.25) is 0 Å². The van der Waals surface area contributed by atoms with Crippen LogP contribution in [0, 0.1) is 0 Å². The summed E-state index contributed by atoms with van der Waals surface area (Å²) in [6, 6.07) is 5.19. The van der Waals surface area contributed by atoms with Gasteiger partial charge in [0.1, 0.15) is 5.76 Å². The molecule has 0 fully saturated rings. The summed E-state index contributed by atoms with van der Waals surface area (Å²) in [4.78, 5) is 20.6. The van der Waals surface area contributed by atoms with Crippen molar-refractivity contribution < 1.29 is 9.21 Å². The number of aromatic amines is 1. The van der Waals surface area contributed by atoms with Gasteiger partial charge in [-0.2, -0.15) is 5.10 Å². The predicted octanol–water partition coefficient (Wildman–Crippen LogP) is 4.51. The van der Waals surface area contributed by atoms with Gasteiger partial charge in [0.15, 0.2) is 5.13 Å². The number of H-pyrrole nitrogens is 1. The maximum absolute atomic E-state index is 12.2. The standard InChI is InChI=1S/C17H16N6O2S2/c1-2-12-7-18-14(25-12)9-26-15-8-19-17(27-15)22-16(24)21-11-4-3-10-6-20-23-13(10)5-11/h3-8H,2,9H2,1H3,(H,20,23)(H2,19,21,22,24). The highest BCUT2D eigenvalue weighted by molar-refractivity contribution is 8.00. The number of thioether (sulfide) groups is 1. The van der Waals surface area contributed by atoms with Crippen LogP contribution in [0.4, 0.5) is 15.6 Å². The number of carbonyl (C=O) groups excluding carboxylic acids is 1. The number of hydrogen-bond donors (Lipinski definition) is 3. The molecule has 0 radical (unpaired) electrons. The van der Waals surface area contributed by atoms with Crippen molar-refractivity contribution in [2.45, 2.75) is 23.3 Å². The van der Waals surface area contributed by atoms with Gasteiger partial charge >= 0.3 is 6.03 Å². The van der Waals surface area contributed by atoms with Crippen molar-refractivity contribution in [1.29, 1.82) is 0 Å². The minimum atomic E-state index is -0.347. The minimum absolute atomic E-state index is 0.347. The van der Waals surface area contributed by atoms with E-state index in [1.165, 1.54) is 11.3 Å². The summed E-state index contributed by atoms with van der Waals surface area (Å²) < 4.78 is 6.56. The van der Waals surface area contributed by atoms with Gasteiger partial charge in [-0.15, -0.1) is 11.8 Å². The third kappa shape index (κ3) is 4.29. The van der Waals surface area contributed by atoms with E-state index in [9.17, 15) is 4.79 Å². The van der Waals surface area contributed by atoms with E-state index in [1.807, 2.05) is 25.1 Å². The Morgan fingerprint density at radius 2 is 2.19 bits per heavy atom. The highest BCUT2D eigenvalue weighted by Crippen LogP contribution is 2.30. The van der Waals surface area contributed by atoms with Crippen LogP contribution >= 0.6 is 23.1 Å². The lowest BCUT2D eigenvalue weighted by Crippen LogP contribution is -2.19. The topological polar surface area (TPSA) is 109 Å². The lowest BCUT2D eigenvalue weighted by atomic mass is 10.2. The first kappa shape index (κ1) is 17.6. The second kappa shape index (κ2) is 7.80. The smallest absolute Gasteiger partial charge is 0.325 e. The largest absolute Gasteiger partial charge is 0.445 e. The second-order valence-electron chi connectivity index (χ2n) is 5.60. The van der Waals surface area contributed by atoms with Crippen molar-refractivity contribution in [3.63, 3.8) is 0 Å². The molecule has 2 amide bonds. The highest BCUT2D eigenvalue weighted by atomic mass is 32.2. The number of nitrogens with one attached hydrogen (secondary N) is 3. The number of hydrogen-bond acceptors (Lipinski definition) is 7. The molecule has 0 aliphatic rings. The number of aromatic nitrogens is 4. The number of rotatable bonds is 6. The average molecular weight is 400 g/mol. The fraction of sp³-hybridized carbons (Fsp3) is 0.176. The zero-order valence-corrected chi connectivity index (χ0v) is 16.0. The van der Waals surface area contributed by atoms with E-state index in [4.69, 9.17) is 4.42 Å². The van der Waals surface area contributed by atoms with Gasteiger partial charge in [0, 0.05) is 17.5 Å². The van der Waals surface area contributed by atoms with Gasteiger partial charge in [0.2, 0.25) is 5.89 Å². The molecule has 0 unspecified atom stereocenters. The van der Waals surface area contributed by atoms with Crippen molar-refractivity contribution in [3.8, 4) is 0 Å². The van der Waals surface area contributed by atoms with Crippen LogP contribution in [0.25, 0.3) is 10.9 Å². The predicted molar refractivity (Wildman–Crippen MR) is 106 cm³/mol. The summed E-state index contributed by atoms with van der Waals surface area (Å²) in [7, 11) is 0. The lowest BCUT2D eigenvalue weighted by molar-refractivity contribution is 0.262. The van der Waals surface area contributed by atoms with Crippen LogP contribution in [0.15, 0.2) is 45.4 Å². The molecule has 0 atom stereocenters. The summed E-state index contributed by atoms with van der Waals surface area (Å²) in [5, 5.41) is 13.9. The summed E-state index contributed by atoms with van der Waals surface area (Å²) in [5.41, 5.74) is 1.53. The fourth-order valence-corrected chi connectivity index (χ4v) is 4.09. The van der Waals surface area contributed by atoms with E-state index in [0.29, 0.717) is 22.5 Å². The molecule has 8 nitrogen and oxygen atoms in total. The summed E-state index contributed by atoms with van der Waals surface area (Å²) in [6.45, 7) is 2.02. The Hall–Kier alpha value is -2.85. The van der Waals surface area contributed by atoms with Crippen LogP contribution < -0.4 is 10.6 Å². The number of amides is 2. The first-order valence-corrected chi connectivity index (χ1v) is 10.0. The molecule has 3 N–H and O–H groups in total. The molecule has 1 aromatic carbocycles. The quantitative estimate of drug-likeness (QED) is 0.411. The number of thiazole rings is 1. The molecule has 0 aliphatic heterocycles. The van der Waals surface area contributed by atoms with Gasteiger partial charge in [0.25, 0.3) is 0 Å². The maximum atomic E-state index is 12.2. The van der Waals surface area contributed by atoms with Crippen molar-refractivity contribution in [1.82, 2.24) is 20.2 Å². The first-order chi connectivity index (χ1) is 13.2. The molecular weight excluding hydrogens is 384 g/mol. The SMILES string of the molecule is CCc1cnc(CSc2cnc(NC(=O)Nc3ccc4cn[nH]c4c3)s2)o1. The van der Waals surface area contributed by atoms with E-state index in [2.05, 4.69) is 30.8 Å². The number of oxazole rings is 1. The van der Waals surface area contributed by atoms with E-state index < -0.39 is 0 Å². The Balaban J connectivity index is 1.32.